The van der Waals surface area contributed by atoms with Gasteiger partial charge >= 0.3 is 0 Å². The number of hydrogen-bond acceptors (Lipinski definition) is 5. The van der Waals surface area contributed by atoms with Crippen LogP contribution in [0.3, 0.4) is 0 Å². The summed E-state index contributed by atoms with van der Waals surface area (Å²) in [5, 5.41) is 14.6. The first-order chi connectivity index (χ1) is 12.1. The Bertz CT molecular complexity index is 758. The minimum atomic E-state index is 0.0635. The summed E-state index contributed by atoms with van der Waals surface area (Å²) in [6.07, 6.45) is 5.40. The highest BCUT2D eigenvalue weighted by Gasteiger charge is 2.40. The lowest BCUT2D eigenvalue weighted by atomic mass is 9.65. The first kappa shape index (κ1) is 16.2. The summed E-state index contributed by atoms with van der Waals surface area (Å²) in [7, 11) is 0. The zero-order valence-corrected chi connectivity index (χ0v) is 14.4. The molecular formula is C18H24N6O. The average molecular weight is 340 g/mol. The van der Waals surface area contributed by atoms with Crippen LogP contribution in [0.2, 0.25) is 0 Å². The molecule has 0 spiro atoms. The van der Waals surface area contributed by atoms with Gasteiger partial charge in [0.15, 0.2) is 5.82 Å². The number of tetrazole rings is 1. The maximum atomic E-state index is 12.8. The largest absolute Gasteiger partial charge is 0.327 e. The number of carbonyl (C=O) groups excluding carboxylic acids is 1. The number of nitrogens with two attached hydrogens (primary N) is 1. The summed E-state index contributed by atoms with van der Waals surface area (Å²) in [6.45, 7) is 1.84. The fourth-order valence-electron chi connectivity index (χ4n) is 4.43. The van der Waals surface area contributed by atoms with E-state index in [4.69, 9.17) is 5.73 Å². The summed E-state index contributed by atoms with van der Waals surface area (Å²) in [5.74, 6) is 1.87. The van der Waals surface area contributed by atoms with E-state index in [1.54, 1.807) is 4.68 Å². The third-order valence-electron chi connectivity index (χ3n) is 5.77. The minimum absolute atomic E-state index is 0.0635. The number of nitrogens with zero attached hydrogens (tertiary/aromatic N) is 4. The van der Waals surface area contributed by atoms with Crippen LogP contribution in [0, 0.1) is 24.7 Å². The molecule has 1 aromatic carbocycles. The zero-order valence-electron chi connectivity index (χ0n) is 14.4. The fourth-order valence-corrected chi connectivity index (χ4v) is 4.43. The summed E-state index contributed by atoms with van der Waals surface area (Å²) < 4.78 is 1.65. The van der Waals surface area contributed by atoms with E-state index in [0.717, 1.165) is 37.1 Å². The number of aryl methyl sites for hydroxylation is 1. The summed E-state index contributed by atoms with van der Waals surface area (Å²) in [5.41, 5.74) is 7.95. The van der Waals surface area contributed by atoms with Crippen LogP contribution in [0.1, 0.15) is 37.9 Å². The van der Waals surface area contributed by atoms with Crippen molar-refractivity contribution in [3.8, 4) is 5.69 Å². The van der Waals surface area contributed by atoms with E-state index >= 15 is 0 Å². The van der Waals surface area contributed by atoms with Gasteiger partial charge in [-0.3, -0.25) is 4.79 Å². The topological polar surface area (TPSA) is 98.7 Å². The molecule has 0 saturated heterocycles. The van der Waals surface area contributed by atoms with E-state index < -0.39 is 0 Å². The third-order valence-corrected chi connectivity index (χ3v) is 5.77. The van der Waals surface area contributed by atoms with Gasteiger partial charge in [0.1, 0.15) is 0 Å². The highest BCUT2D eigenvalue weighted by atomic mass is 16.1. The Balaban J connectivity index is 1.47. The summed E-state index contributed by atoms with van der Waals surface area (Å²) >= 11 is 0. The van der Waals surface area contributed by atoms with Crippen molar-refractivity contribution in [2.75, 3.05) is 5.32 Å². The van der Waals surface area contributed by atoms with E-state index in [1.165, 1.54) is 6.42 Å². The minimum Gasteiger partial charge on any atom is -0.327 e. The lowest BCUT2D eigenvalue weighted by molar-refractivity contribution is -0.122. The van der Waals surface area contributed by atoms with Gasteiger partial charge in [-0.1, -0.05) is 12.5 Å². The van der Waals surface area contributed by atoms with Gasteiger partial charge in [0.2, 0.25) is 5.91 Å². The fraction of sp³-hybridized carbons (Fsp3) is 0.556. The monoisotopic (exact) mass is 340 g/mol. The van der Waals surface area contributed by atoms with Crippen molar-refractivity contribution >= 4 is 11.6 Å². The first-order valence-corrected chi connectivity index (χ1v) is 9.03. The summed E-state index contributed by atoms with van der Waals surface area (Å²) in [6, 6.07) is 7.90. The highest BCUT2D eigenvalue weighted by molar-refractivity contribution is 5.92. The number of nitrogens with one attached hydrogen (secondary N) is 1. The molecule has 1 aromatic heterocycles. The molecule has 2 bridgehead atoms. The Morgan fingerprint density at radius 3 is 2.72 bits per heavy atom. The number of aromatic nitrogens is 4. The second-order valence-corrected chi connectivity index (χ2v) is 7.37. The molecular weight excluding hydrogens is 316 g/mol. The number of anilines is 1. The van der Waals surface area contributed by atoms with E-state index in [9.17, 15) is 4.79 Å². The predicted octanol–water partition coefficient (Wildman–Crippen LogP) is 2.06. The van der Waals surface area contributed by atoms with Gasteiger partial charge in [-0.15, -0.1) is 5.10 Å². The van der Waals surface area contributed by atoms with Crippen molar-refractivity contribution in [2.24, 2.45) is 23.5 Å². The molecule has 132 valence electrons. The molecule has 4 rings (SSSR count). The van der Waals surface area contributed by atoms with E-state index in [-0.39, 0.29) is 17.9 Å². The molecule has 7 heteroatoms. The van der Waals surface area contributed by atoms with E-state index in [0.29, 0.717) is 17.7 Å². The van der Waals surface area contributed by atoms with Crippen molar-refractivity contribution in [1.29, 1.82) is 0 Å². The van der Waals surface area contributed by atoms with Crippen molar-refractivity contribution in [1.82, 2.24) is 20.2 Å². The second kappa shape index (κ2) is 6.55. The van der Waals surface area contributed by atoms with Gasteiger partial charge in [0.25, 0.3) is 0 Å². The van der Waals surface area contributed by atoms with E-state index in [2.05, 4.69) is 20.8 Å². The lowest BCUT2D eigenvalue weighted by Gasteiger charge is -2.43. The summed E-state index contributed by atoms with van der Waals surface area (Å²) in [4.78, 5) is 12.8. The number of benzene rings is 1. The molecule has 2 aliphatic rings. The van der Waals surface area contributed by atoms with Crippen molar-refractivity contribution in [3.63, 3.8) is 0 Å². The molecule has 1 heterocycles. The molecule has 0 radical (unpaired) electrons. The van der Waals surface area contributed by atoms with Gasteiger partial charge in [-0.05, 0) is 73.1 Å². The van der Waals surface area contributed by atoms with Gasteiger partial charge in [0, 0.05) is 17.6 Å². The van der Waals surface area contributed by atoms with Gasteiger partial charge in [0.05, 0.1) is 5.69 Å². The molecule has 2 aromatic rings. The third kappa shape index (κ3) is 3.16. The standard InChI is InChI=1S/C18H24N6O/c1-11-21-22-23-24(11)16-7-3-6-15(10-16)20-18(25)14-8-12-4-2-5-13(9-14)17(12)19/h3,6-7,10,12-14,17H,2,4-5,8-9,19H2,1H3,(H,20,25). The molecule has 2 fully saturated rings. The number of fused-ring (bicyclic) bond motifs is 2. The van der Waals surface area contributed by atoms with Crippen molar-refractivity contribution < 1.29 is 4.79 Å². The van der Waals surface area contributed by atoms with Crippen LogP contribution >= 0.6 is 0 Å². The molecule has 25 heavy (non-hydrogen) atoms. The number of amides is 1. The maximum absolute atomic E-state index is 12.8. The van der Waals surface area contributed by atoms with Gasteiger partial charge < -0.3 is 11.1 Å². The van der Waals surface area contributed by atoms with Gasteiger partial charge in [-0.25, -0.2) is 0 Å². The molecule has 3 N–H and O–H groups in total. The number of carbonyl (C=O) groups is 1. The number of hydrogen-bond donors (Lipinski definition) is 2. The molecule has 2 aliphatic carbocycles. The number of rotatable bonds is 3. The Labute approximate surface area is 147 Å². The molecule has 2 unspecified atom stereocenters. The Kier molecular flexibility index (Phi) is 4.25. The Morgan fingerprint density at radius 2 is 2.04 bits per heavy atom. The van der Waals surface area contributed by atoms with Crippen LogP contribution in [0.15, 0.2) is 24.3 Å². The predicted molar refractivity (Wildman–Crippen MR) is 94.1 cm³/mol. The maximum Gasteiger partial charge on any atom is 0.227 e. The van der Waals surface area contributed by atoms with Crippen molar-refractivity contribution in [2.45, 2.75) is 45.1 Å². The van der Waals surface area contributed by atoms with Crippen LogP contribution in [-0.4, -0.2) is 32.2 Å². The van der Waals surface area contributed by atoms with Crippen LogP contribution in [-0.2, 0) is 4.79 Å². The van der Waals surface area contributed by atoms with Crippen LogP contribution in [0.25, 0.3) is 5.69 Å². The zero-order chi connectivity index (χ0) is 17.4. The quantitative estimate of drug-likeness (QED) is 0.891. The van der Waals surface area contributed by atoms with Crippen molar-refractivity contribution in [3.05, 3.63) is 30.1 Å². The van der Waals surface area contributed by atoms with Crippen LogP contribution < -0.4 is 11.1 Å². The Hall–Kier alpha value is -2.28. The molecule has 7 nitrogen and oxygen atoms in total. The molecule has 1 amide bonds. The normalized spacial score (nSPS) is 28.6. The average Bonchev–Trinajstić information content (AvgIpc) is 3.01. The molecule has 0 aliphatic heterocycles. The van der Waals surface area contributed by atoms with Crippen LogP contribution in [0.5, 0.6) is 0 Å². The lowest BCUT2D eigenvalue weighted by Crippen LogP contribution is -2.48. The molecule has 2 atom stereocenters. The Morgan fingerprint density at radius 1 is 1.28 bits per heavy atom. The van der Waals surface area contributed by atoms with Gasteiger partial charge in [-0.2, -0.15) is 4.68 Å². The van der Waals surface area contributed by atoms with Crippen LogP contribution in [0.4, 0.5) is 5.69 Å². The van der Waals surface area contributed by atoms with E-state index in [1.807, 2.05) is 31.2 Å². The SMILES string of the molecule is Cc1nnnn1-c1cccc(NC(=O)C2CC3CCCC(C2)C3N)c1. The first-order valence-electron chi connectivity index (χ1n) is 9.03. The highest BCUT2D eigenvalue weighted by Crippen LogP contribution is 2.42. The smallest absolute Gasteiger partial charge is 0.227 e. The molecule has 2 saturated carbocycles. The second-order valence-electron chi connectivity index (χ2n) is 7.37.